The van der Waals surface area contributed by atoms with Crippen LogP contribution in [0.2, 0.25) is 0 Å². The third-order valence-corrected chi connectivity index (χ3v) is 8.05. The van der Waals surface area contributed by atoms with Crippen LogP contribution in [0.5, 0.6) is 0 Å². The Hall–Kier alpha value is -2.14. The average Bonchev–Trinajstić information content (AvgIpc) is 3.40. The first kappa shape index (κ1) is 23.0. The molecule has 2 heterocycles. The lowest BCUT2D eigenvalue weighted by molar-refractivity contribution is -0.0492. The fourth-order valence-corrected chi connectivity index (χ4v) is 5.78. The van der Waals surface area contributed by atoms with Crippen LogP contribution in [0.1, 0.15) is 49.8 Å². The molecule has 0 amide bonds. The number of rotatable bonds is 6. The van der Waals surface area contributed by atoms with Crippen LogP contribution >= 0.6 is 0 Å². The number of halogens is 4. The zero-order chi connectivity index (χ0) is 22.9. The summed E-state index contributed by atoms with van der Waals surface area (Å²) in [6.07, 6.45) is 8.81. The van der Waals surface area contributed by atoms with Crippen molar-refractivity contribution in [2.45, 2.75) is 63.2 Å². The van der Waals surface area contributed by atoms with Crippen molar-refractivity contribution in [1.29, 1.82) is 0 Å². The van der Waals surface area contributed by atoms with Crippen LogP contribution in [0, 0.1) is 11.7 Å². The van der Waals surface area contributed by atoms with Gasteiger partial charge >= 0.3 is 15.5 Å². The molecule has 0 radical (unpaired) electrons. The number of alkyl halides is 3. The predicted octanol–water partition coefficient (Wildman–Crippen LogP) is 4.56. The van der Waals surface area contributed by atoms with Crippen LogP contribution in [0.4, 0.5) is 23.2 Å². The van der Waals surface area contributed by atoms with Crippen LogP contribution in [0.15, 0.2) is 30.7 Å². The van der Waals surface area contributed by atoms with E-state index in [0.717, 1.165) is 38.2 Å². The van der Waals surface area contributed by atoms with Gasteiger partial charge in [-0.1, -0.05) is 31.7 Å². The second-order valence-corrected chi connectivity index (χ2v) is 10.5. The molecule has 6 nitrogen and oxygen atoms in total. The van der Waals surface area contributed by atoms with Gasteiger partial charge in [0.25, 0.3) is 0 Å². The van der Waals surface area contributed by atoms with Gasteiger partial charge in [0.05, 0.1) is 18.6 Å². The number of H-pyrrole nitrogens is 1. The van der Waals surface area contributed by atoms with Crippen LogP contribution < -0.4 is 4.90 Å². The van der Waals surface area contributed by atoms with Gasteiger partial charge in [-0.05, 0) is 30.9 Å². The molecule has 1 aliphatic carbocycles. The molecule has 1 N–H and O–H groups in total. The van der Waals surface area contributed by atoms with Gasteiger partial charge < -0.3 is 9.88 Å². The Morgan fingerprint density at radius 1 is 1.16 bits per heavy atom. The molecule has 1 aliphatic heterocycles. The Morgan fingerprint density at radius 2 is 1.91 bits per heavy atom. The average molecular weight is 475 g/mol. The third kappa shape index (κ3) is 4.63. The standard InChI is InChI=1S/C21H26F4N4O2S/c22-19-6-3-7-20-18(19)13-28(32(30,31)21(23,24)25)12-17(9-8-15-4-1-2-5-15)29(20)11-16-10-26-14-27-16/h3,6-7,10,14-15,17H,1-2,4-5,8-9,11-13H2,(H,26,27)/t17-/m1/s1. The molecule has 0 unspecified atom stereocenters. The highest BCUT2D eigenvalue weighted by Gasteiger charge is 2.51. The Kier molecular flexibility index (Phi) is 6.49. The highest BCUT2D eigenvalue weighted by Crippen LogP contribution is 2.38. The quantitative estimate of drug-likeness (QED) is 0.624. The van der Waals surface area contributed by atoms with E-state index in [9.17, 15) is 26.0 Å². The van der Waals surface area contributed by atoms with E-state index in [2.05, 4.69) is 9.97 Å². The maximum atomic E-state index is 14.8. The molecule has 2 aromatic rings. The molecule has 1 fully saturated rings. The van der Waals surface area contributed by atoms with E-state index < -0.39 is 33.9 Å². The number of hydrogen-bond acceptors (Lipinski definition) is 4. The molecule has 0 spiro atoms. The summed E-state index contributed by atoms with van der Waals surface area (Å²) in [6, 6.07) is 3.74. The molecular formula is C21H26F4N4O2S. The lowest BCUT2D eigenvalue weighted by Crippen LogP contribution is -2.47. The molecule has 1 saturated carbocycles. The largest absolute Gasteiger partial charge is 0.511 e. The van der Waals surface area contributed by atoms with Gasteiger partial charge in [0.1, 0.15) is 5.82 Å². The molecule has 0 saturated heterocycles. The molecule has 32 heavy (non-hydrogen) atoms. The van der Waals surface area contributed by atoms with Gasteiger partial charge in [0.2, 0.25) is 0 Å². The zero-order valence-electron chi connectivity index (χ0n) is 17.5. The first-order chi connectivity index (χ1) is 15.2. The first-order valence-corrected chi connectivity index (χ1v) is 12.2. The van der Waals surface area contributed by atoms with Crippen molar-refractivity contribution in [1.82, 2.24) is 14.3 Å². The van der Waals surface area contributed by atoms with Crippen LogP contribution in [-0.4, -0.2) is 40.8 Å². The summed E-state index contributed by atoms with van der Waals surface area (Å²) < 4.78 is 80.2. The highest BCUT2D eigenvalue weighted by molar-refractivity contribution is 7.89. The summed E-state index contributed by atoms with van der Waals surface area (Å²) in [5.74, 6) is -0.247. The van der Waals surface area contributed by atoms with E-state index in [4.69, 9.17) is 0 Å². The molecule has 11 heteroatoms. The van der Waals surface area contributed by atoms with Crippen molar-refractivity contribution in [3.63, 3.8) is 0 Å². The molecule has 1 aromatic carbocycles. The summed E-state index contributed by atoms with van der Waals surface area (Å²) >= 11 is 0. The van der Waals surface area contributed by atoms with E-state index in [0.29, 0.717) is 28.0 Å². The van der Waals surface area contributed by atoms with Crippen molar-refractivity contribution in [2.75, 3.05) is 11.4 Å². The zero-order valence-corrected chi connectivity index (χ0v) is 18.3. The molecular weight excluding hydrogens is 448 g/mol. The Bertz CT molecular complexity index is 1020. The summed E-state index contributed by atoms with van der Waals surface area (Å²) in [5.41, 5.74) is -4.38. The fourth-order valence-electron chi connectivity index (χ4n) is 4.82. The number of benzene rings is 1. The smallest absolute Gasteiger partial charge is 0.361 e. The molecule has 2 aliphatic rings. The molecule has 4 rings (SSSR count). The van der Waals surface area contributed by atoms with E-state index in [1.165, 1.54) is 12.4 Å². The van der Waals surface area contributed by atoms with Crippen molar-refractivity contribution >= 4 is 15.7 Å². The second-order valence-electron chi connectivity index (χ2n) is 8.57. The van der Waals surface area contributed by atoms with Gasteiger partial charge in [-0.3, -0.25) is 0 Å². The number of nitrogens with one attached hydrogen (secondary N) is 1. The van der Waals surface area contributed by atoms with Crippen molar-refractivity contribution in [3.05, 3.63) is 47.8 Å². The molecule has 1 aromatic heterocycles. The summed E-state index contributed by atoms with van der Waals surface area (Å²) in [7, 11) is -5.62. The SMILES string of the molecule is O=S(=O)(N1Cc2c(F)cccc2N(Cc2cnc[nH]2)[C@H](CCC2CCCC2)C1)C(F)(F)F. The monoisotopic (exact) mass is 474 g/mol. The fraction of sp³-hybridized carbons (Fsp3) is 0.571. The lowest BCUT2D eigenvalue weighted by atomic mass is 9.97. The maximum Gasteiger partial charge on any atom is 0.511 e. The van der Waals surface area contributed by atoms with E-state index in [1.807, 2.05) is 4.90 Å². The molecule has 0 bridgehead atoms. The number of fused-ring (bicyclic) bond motifs is 1. The third-order valence-electron chi connectivity index (χ3n) is 6.50. The number of imidazole rings is 1. The van der Waals surface area contributed by atoms with Crippen LogP contribution in [-0.2, 0) is 23.1 Å². The van der Waals surface area contributed by atoms with Crippen molar-refractivity contribution < 1.29 is 26.0 Å². The number of hydrogen-bond donors (Lipinski definition) is 1. The molecule has 1 atom stereocenters. The lowest BCUT2D eigenvalue weighted by Gasteiger charge is -2.34. The van der Waals surface area contributed by atoms with Crippen LogP contribution in [0.25, 0.3) is 0 Å². The first-order valence-electron chi connectivity index (χ1n) is 10.7. The van der Waals surface area contributed by atoms with Gasteiger partial charge in [-0.15, -0.1) is 0 Å². The number of anilines is 1. The van der Waals surface area contributed by atoms with Crippen molar-refractivity contribution in [2.24, 2.45) is 5.92 Å². The van der Waals surface area contributed by atoms with E-state index in [-0.39, 0.29) is 18.7 Å². The van der Waals surface area contributed by atoms with Gasteiger partial charge in [-0.25, -0.2) is 17.8 Å². The number of nitrogens with zero attached hydrogens (tertiary/aromatic N) is 3. The van der Waals surface area contributed by atoms with Crippen molar-refractivity contribution in [3.8, 4) is 0 Å². The second kappa shape index (κ2) is 9.01. The minimum Gasteiger partial charge on any atom is -0.361 e. The minimum absolute atomic E-state index is 0.0526. The summed E-state index contributed by atoms with van der Waals surface area (Å²) in [5, 5.41) is 0. The number of sulfonamides is 1. The minimum atomic E-state index is -5.62. The van der Waals surface area contributed by atoms with E-state index >= 15 is 0 Å². The maximum absolute atomic E-state index is 14.8. The Labute approximate surface area is 184 Å². The Balaban J connectivity index is 1.74. The summed E-state index contributed by atoms with van der Waals surface area (Å²) in [4.78, 5) is 8.80. The Morgan fingerprint density at radius 3 is 2.56 bits per heavy atom. The number of aromatic amines is 1. The topological polar surface area (TPSA) is 69.3 Å². The van der Waals surface area contributed by atoms with Gasteiger partial charge in [0, 0.05) is 36.6 Å². The van der Waals surface area contributed by atoms with Gasteiger partial charge in [0.15, 0.2) is 0 Å². The van der Waals surface area contributed by atoms with Crippen LogP contribution in [0.3, 0.4) is 0 Å². The normalized spacial score (nSPS) is 21.0. The van der Waals surface area contributed by atoms with Gasteiger partial charge in [-0.2, -0.15) is 17.5 Å². The van der Waals surface area contributed by atoms with E-state index in [1.54, 1.807) is 12.3 Å². The summed E-state index contributed by atoms with van der Waals surface area (Å²) in [6.45, 7) is -0.772. The number of aromatic nitrogens is 2. The highest BCUT2D eigenvalue weighted by atomic mass is 32.2. The molecule has 176 valence electrons. The predicted molar refractivity (Wildman–Crippen MR) is 112 cm³/mol.